The molecule has 4 heteroatoms. The van der Waals surface area contributed by atoms with Crippen molar-refractivity contribution in [1.82, 2.24) is 4.98 Å². The highest BCUT2D eigenvalue weighted by atomic mass is 16.2. The summed E-state index contributed by atoms with van der Waals surface area (Å²) in [5.74, 6) is 0. The minimum absolute atomic E-state index is 0.211. The van der Waals surface area contributed by atoms with Crippen molar-refractivity contribution in [3.63, 3.8) is 0 Å². The summed E-state index contributed by atoms with van der Waals surface area (Å²) >= 11 is 0. The van der Waals surface area contributed by atoms with Gasteiger partial charge in [0.05, 0.1) is 11.3 Å². The van der Waals surface area contributed by atoms with Crippen LogP contribution in [0.15, 0.2) is 20.4 Å². The third-order valence-electron chi connectivity index (χ3n) is 1.96. The van der Waals surface area contributed by atoms with Gasteiger partial charge in [-0.15, -0.1) is 0 Å². The largest absolute Gasteiger partial charge is 0.321 e. The topological polar surface area (TPSA) is 67.0 Å². The van der Waals surface area contributed by atoms with Crippen LogP contribution in [0.4, 0.5) is 0 Å². The van der Waals surface area contributed by atoms with Crippen LogP contribution >= 0.6 is 0 Å². The Labute approximate surface area is 66.5 Å². The van der Waals surface area contributed by atoms with Gasteiger partial charge in [-0.05, 0) is 6.92 Å². The van der Waals surface area contributed by atoms with Crippen molar-refractivity contribution < 1.29 is 0 Å². The van der Waals surface area contributed by atoms with Crippen LogP contribution in [-0.4, -0.2) is 4.98 Å². The predicted molar refractivity (Wildman–Crippen MR) is 43.3 cm³/mol. The summed E-state index contributed by atoms with van der Waals surface area (Å²) in [6, 6.07) is 1.16. The molecule has 1 N–H and O–H groups in total. The molecule has 1 aliphatic carbocycles. The van der Waals surface area contributed by atoms with Crippen LogP contribution in [-0.2, 0) is 0 Å². The first-order valence-corrected chi connectivity index (χ1v) is 3.44. The Balaban J connectivity index is 3.13. The first-order chi connectivity index (χ1) is 5.61. The summed E-state index contributed by atoms with van der Waals surface area (Å²) in [7, 11) is 0. The van der Waals surface area contributed by atoms with Crippen LogP contribution in [0.2, 0.25) is 0 Å². The molecule has 12 heavy (non-hydrogen) atoms. The quantitative estimate of drug-likeness (QED) is 0.526. The number of aromatic amines is 1. The Kier molecular flexibility index (Phi) is 1.11. The van der Waals surface area contributed by atoms with Gasteiger partial charge < -0.3 is 4.98 Å². The zero-order valence-corrected chi connectivity index (χ0v) is 6.30. The first-order valence-electron chi connectivity index (χ1n) is 3.44. The second-order valence-electron chi connectivity index (χ2n) is 2.71. The second-order valence-corrected chi connectivity index (χ2v) is 2.71. The summed E-state index contributed by atoms with van der Waals surface area (Å²) in [5.41, 5.74) is -0.507. The molecule has 1 heterocycles. The van der Waals surface area contributed by atoms with E-state index >= 15 is 0 Å². The molecule has 0 aromatic carbocycles. The summed E-state index contributed by atoms with van der Waals surface area (Å²) in [6.07, 6.45) is 0. The minimum atomic E-state index is -0.583. The molecule has 0 aromatic heterocycles. The Hall–Kier alpha value is -1.71. The smallest absolute Gasteiger partial charge is 0.249 e. The van der Waals surface area contributed by atoms with Crippen molar-refractivity contribution in [1.29, 1.82) is 0 Å². The van der Waals surface area contributed by atoms with E-state index in [1.54, 1.807) is 0 Å². The zero-order chi connectivity index (χ0) is 8.88. The number of hydrogen-bond acceptors (Lipinski definition) is 3. The molecular weight excluding hydrogens is 158 g/mol. The Morgan fingerprint density at radius 3 is 2.42 bits per heavy atom. The van der Waals surface area contributed by atoms with Gasteiger partial charge in [0, 0.05) is 11.6 Å². The maximum atomic E-state index is 11.1. The van der Waals surface area contributed by atoms with E-state index in [9.17, 15) is 14.4 Å². The molecule has 2 rings (SSSR count). The van der Waals surface area contributed by atoms with E-state index in [-0.39, 0.29) is 11.1 Å². The lowest BCUT2D eigenvalue weighted by molar-refractivity contribution is 1.29. The van der Waals surface area contributed by atoms with Crippen molar-refractivity contribution in [2.45, 2.75) is 6.92 Å². The van der Waals surface area contributed by atoms with Gasteiger partial charge in [-0.2, -0.15) is 0 Å². The lowest BCUT2D eigenvalue weighted by atomic mass is 10.2. The van der Waals surface area contributed by atoms with Gasteiger partial charge in [0.25, 0.3) is 0 Å². The molecule has 0 aromatic rings. The normalized spacial score (nSPS) is 11.1. The van der Waals surface area contributed by atoms with Crippen molar-refractivity contribution in [2.75, 3.05) is 0 Å². The van der Waals surface area contributed by atoms with E-state index in [4.69, 9.17) is 0 Å². The van der Waals surface area contributed by atoms with Gasteiger partial charge in [0.15, 0.2) is 0 Å². The van der Waals surface area contributed by atoms with Gasteiger partial charge in [0.2, 0.25) is 16.4 Å². The van der Waals surface area contributed by atoms with E-state index in [2.05, 4.69) is 4.98 Å². The average molecular weight is 163 g/mol. The lowest BCUT2D eigenvalue weighted by Gasteiger charge is -1.83. The summed E-state index contributed by atoms with van der Waals surface area (Å²) in [5, 5.41) is 0. The van der Waals surface area contributed by atoms with Crippen molar-refractivity contribution in [3.05, 3.63) is 42.4 Å². The zero-order valence-electron chi connectivity index (χ0n) is 6.30. The highest BCUT2D eigenvalue weighted by Crippen LogP contribution is 2.14. The standard InChI is InChI=1S/C8H5NO3/c1-3-6-4(2-5(10)9-6)8(12)7(3)11/h2H,1H3,(H,9,10). The SMILES string of the molecule is Cc1c2[nH]c(=O)cc-2c(=O)c1=O. The van der Waals surface area contributed by atoms with Crippen molar-refractivity contribution in [2.24, 2.45) is 0 Å². The summed E-state index contributed by atoms with van der Waals surface area (Å²) in [4.78, 5) is 35.3. The van der Waals surface area contributed by atoms with Crippen LogP contribution in [0.5, 0.6) is 0 Å². The molecule has 4 nitrogen and oxygen atoms in total. The summed E-state index contributed by atoms with van der Waals surface area (Å²) in [6.45, 7) is 1.53. The van der Waals surface area contributed by atoms with Crippen LogP contribution < -0.4 is 16.4 Å². The highest BCUT2D eigenvalue weighted by Gasteiger charge is 2.19. The third-order valence-corrected chi connectivity index (χ3v) is 1.96. The Morgan fingerprint density at radius 2 is 1.83 bits per heavy atom. The van der Waals surface area contributed by atoms with Crippen LogP contribution in [0, 0.1) is 6.92 Å². The highest BCUT2D eigenvalue weighted by molar-refractivity contribution is 5.66. The van der Waals surface area contributed by atoms with Crippen LogP contribution in [0.1, 0.15) is 5.56 Å². The molecular formula is C8H5NO3. The molecule has 0 saturated carbocycles. The monoisotopic (exact) mass is 163 g/mol. The molecule has 1 aliphatic heterocycles. The predicted octanol–water partition coefficient (Wildman–Crippen LogP) is -0.616. The van der Waals surface area contributed by atoms with Crippen LogP contribution in [0.25, 0.3) is 11.3 Å². The molecule has 0 atom stereocenters. The Morgan fingerprint density at radius 1 is 1.17 bits per heavy atom. The molecule has 0 radical (unpaired) electrons. The first kappa shape index (κ1) is 6.97. The van der Waals surface area contributed by atoms with Gasteiger partial charge in [0.1, 0.15) is 0 Å². The van der Waals surface area contributed by atoms with E-state index in [1.165, 1.54) is 6.92 Å². The van der Waals surface area contributed by atoms with E-state index in [0.29, 0.717) is 11.3 Å². The lowest BCUT2D eigenvalue weighted by Crippen LogP contribution is -2.19. The summed E-state index contributed by atoms with van der Waals surface area (Å²) < 4.78 is 0. The number of H-pyrrole nitrogens is 1. The molecule has 0 fully saturated rings. The number of fused-ring (bicyclic) bond motifs is 1. The number of hydrogen-bond donors (Lipinski definition) is 1. The van der Waals surface area contributed by atoms with E-state index < -0.39 is 10.9 Å². The number of aromatic nitrogens is 1. The van der Waals surface area contributed by atoms with Gasteiger partial charge >= 0.3 is 0 Å². The average Bonchev–Trinajstić information content (AvgIpc) is 2.49. The fraction of sp³-hybridized carbons (Fsp3) is 0.125. The molecule has 0 unspecified atom stereocenters. The Bertz CT molecular complexity index is 542. The van der Waals surface area contributed by atoms with Gasteiger partial charge in [-0.25, -0.2) is 0 Å². The van der Waals surface area contributed by atoms with Gasteiger partial charge in [-0.3, -0.25) is 14.4 Å². The maximum Gasteiger partial charge on any atom is 0.249 e. The van der Waals surface area contributed by atoms with Crippen molar-refractivity contribution in [3.8, 4) is 11.3 Å². The van der Waals surface area contributed by atoms with E-state index in [0.717, 1.165) is 6.07 Å². The van der Waals surface area contributed by atoms with Gasteiger partial charge in [-0.1, -0.05) is 0 Å². The second kappa shape index (κ2) is 1.91. The number of rotatable bonds is 0. The molecule has 0 bridgehead atoms. The molecule has 0 spiro atoms. The fourth-order valence-corrected chi connectivity index (χ4v) is 1.31. The minimum Gasteiger partial charge on any atom is -0.321 e. The van der Waals surface area contributed by atoms with Crippen LogP contribution in [0.3, 0.4) is 0 Å². The van der Waals surface area contributed by atoms with E-state index in [1.807, 2.05) is 0 Å². The molecule has 60 valence electrons. The van der Waals surface area contributed by atoms with Crippen molar-refractivity contribution >= 4 is 0 Å². The molecule has 0 saturated heterocycles. The molecule has 0 amide bonds. The fourth-order valence-electron chi connectivity index (χ4n) is 1.31. The molecule has 2 aliphatic rings. The third kappa shape index (κ3) is 0.637. The number of nitrogens with one attached hydrogen (secondary N) is 1. The maximum absolute atomic E-state index is 11.1.